The Morgan fingerprint density at radius 3 is 2.44 bits per heavy atom. The highest BCUT2D eigenvalue weighted by Crippen LogP contribution is 2.36. The van der Waals surface area contributed by atoms with Gasteiger partial charge in [0.25, 0.3) is 0 Å². The van der Waals surface area contributed by atoms with E-state index in [2.05, 4.69) is 37.9 Å². The maximum atomic E-state index is 13.9. The summed E-state index contributed by atoms with van der Waals surface area (Å²) in [7, 11) is 0. The molecule has 0 saturated carbocycles. The average Bonchev–Trinajstić information content (AvgIpc) is 2.67. The molecule has 0 aliphatic carbocycles. The van der Waals surface area contributed by atoms with Crippen molar-refractivity contribution in [2.75, 3.05) is 0 Å². The molecule has 2 nitrogen and oxygen atoms in total. The van der Waals surface area contributed by atoms with E-state index in [-0.39, 0.29) is 12.4 Å². The van der Waals surface area contributed by atoms with Crippen LogP contribution in [0.15, 0.2) is 75.7 Å². The van der Waals surface area contributed by atoms with Crippen LogP contribution in [0.2, 0.25) is 0 Å². The molecule has 0 bridgehead atoms. The summed E-state index contributed by atoms with van der Waals surface area (Å²) >= 11 is 6.96. The van der Waals surface area contributed by atoms with Crippen LogP contribution in [-0.4, -0.2) is 0 Å². The second-order valence-corrected chi connectivity index (χ2v) is 7.49. The summed E-state index contributed by atoms with van der Waals surface area (Å²) in [4.78, 5) is 0. The van der Waals surface area contributed by atoms with Gasteiger partial charge in [0.05, 0.1) is 16.1 Å². The first-order chi connectivity index (χ1) is 13.1. The normalized spacial score (nSPS) is 11.1. The summed E-state index contributed by atoms with van der Waals surface area (Å²) in [5.74, 6) is 0.231. The van der Waals surface area contributed by atoms with Crippen LogP contribution in [0.5, 0.6) is 5.75 Å². The second kappa shape index (κ2) is 8.98. The third-order valence-electron chi connectivity index (χ3n) is 3.87. The molecule has 0 N–H and O–H groups in total. The molecule has 0 heterocycles. The van der Waals surface area contributed by atoms with E-state index in [1.165, 1.54) is 6.07 Å². The fourth-order valence-corrected chi connectivity index (χ4v) is 3.93. The molecule has 3 aromatic carbocycles. The van der Waals surface area contributed by atoms with Crippen LogP contribution < -0.4 is 4.74 Å². The minimum absolute atomic E-state index is 0.0843. The molecule has 0 spiro atoms. The molecule has 5 heteroatoms. The number of allylic oxidation sites excluding steroid dienone is 1. The van der Waals surface area contributed by atoms with Gasteiger partial charge in [-0.1, -0.05) is 64.5 Å². The minimum atomic E-state index is -0.315. The van der Waals surface area contributed by atoms with Crippen molar-refractivity contribution in [1.82, 2.24) is 0 Å². The lowest BCUT2D eigenvalue weighted by atomic mass is 10.0. The average molecular weight is 487 g/mol. The van der Waals surface area contributed by atoms with Gasteiger partial charge < -0.3 is 4.74 Å². The van der Waals surface area contributed by atoms with Crippen LogP contribution in [0.3, 0.4) is 0 Å². The predicted molar refractivity (Wildman–Crippen MR) is 112 cm³/mol. The van der Waals surface area contributed by atoms with Crippen molar-refractivity contribution in [1.29, 1.82) is 5.26 Å². The lowest BCUT2D eigenvalue weighted by molar-refractivity contribution is 0.297. The highest BCUT2D eigenvalue weighted by atomic mass is 79.9. The van der Waals surface area contributed by atoms with E-state index < -0.39 is 0 Å². The Kier molecular flexibility index (Phi) is 6.44. The van der Waals surface area contributed by atoms with Crippen molar-refractivity contribution in [2.45, 2.75) is 6.61 Å². The smallest absolute Gasteiger partial charge is 0.141 e. The van der Waals surface area contributed by atoms with E-state index in [0.29, 0.717) is 26.9 Å². The summed E-state index contributed by atoms with van der Waals surface area (Å²) in [6.45, 7) is 0.0843. The van der Waals surface area contributed by atoms with Crippen LogP contribution >= 0.6 is 31.9 Å². The first-order valence-electron chi connectivity index (χ1n) is 8.11. The van der Waals surface area contributed by atoms with Crippen molar-refractivity contribution in [2.24, 2.45) is 0 Å². The molecule has 134 valence electrons. The van der Waals surface area contributed by atoms with E-state index in [4.69, 9.17) is 4.74 Å². The van der Waals surface area contributed by atoms with Crippen molar-refractivity contribution in [3.8, 4) is 11.8 Å². The zero-order valence-corrected chi connectivity index (χ0v) is 17.3. The highest BCUT2D eigenvalue weighted by molar-refractivity contribution is 9.11. The van der Waals surface area contributed by atoms with Crippen LogP contribution in [0.1, 0.15) is 16.7 Å². The summed E-state index contributed by atoms with van der Waals surface area (Å²) in [6, 6.07) is 21.9. The second-order valence-electron chi connectivity index (χ2n) is 5.72. The molecular formula is C22H14Br2FNO. The van der Waals surface area contributed by atoms with Crippen LogP contribution in [0.4, 0.5) is 4.39 Å². The topological polar surface area (TPSA) is 33.0 Å². The molecule has 0 atom stereocenters. The fourth-order valence-electron chi connectivity index (χ4n) is 2.56. The van der Waals surface area contributed by atoms with Gasteiger partial charge >= 0.3 is 0 Å². The molecule has 0 aliphatic heterocycles. The molecule has 0 radical (unpaired) electrons. The van der Waals surface area contributed by atoms with Crippen molar-refractivity contribution < 1.29 is 9.13 Å². The maximum absolute atomic E-state index is 13.9. The van der Waals surface area contributed by atoms with Gasteiger partial charge in [0.2, 0.25) is 0 Å². The van der Waals surface area contributed by atoms with E-state index in [9.17, 15) is 9.65 Å². The molecule has 3 rings (SSSR count). The third kappa shape index (κ3) is 4.85. The molecule has 3 aromatic rings. The monoisotopic (exact) mass is 485 g/mol. The van der Waals surface area contributed by atoms with Gasteiger partial charge in [0.15, 0.2) is 0 Å². The molecule has 0 unspecified atom stereocenters. The zero-order valence-electron chi connectivity index (χ0n) is 14.1. The van der Waals surface area contributed by atoms with Crippen LogP contribution in [-0.2, 0) is 6.61 Å². The molecule has 0 aromatic heterocycles. The Bertz CT molecular complexity index is 1030. The lowest BCUT2D eigenvalue weighted by Gasteiger charge is -2.13. The summed E-state index contributed by atoms with van der Waals surface area (Å²) in [6.07, 6.45) is 1.77. The molecule has 0 fully saturated rings. The number of hydrogen-bond donors (Lipinski definition) is 0. The van der Waals surface area contributed by atoms with Crippen LogP contribution in [0, 0.1) is 17.1 Å². The number of rotatable bonds is 5. The van der Waals surface area contributed by atoms with Crippen LogP contribution in [0.25, 0.3) is 11.6 Å². The number of hydrogen-bond acceptors (Lipinski definition) is 2. The van der Waals surface area contributed by atoms with Gasteiger partial charge in [-0.2, -0.15) is 5.26 Å². The van der Waals surface area contributed by atoms with E-state index in [1.54, 1.807) is 24.3 Å². The quantitative estimate of drug-likeness (QED) is 0.287. The molecular weight excluding hydrogens is 473 g/mol. The van der Waals surface area contributed by atoms with Crippen molar-refractivity contribution >= 4 is 43.5 Å². The third-order valence-corrected chi connectivity index (χ3v) is 4.92. The molecule has 0 saturated heterocycles. The molecule has 0 aliphatic rings. The number of nitriles is 1. The van der Waals surface area contributed by atoms with Gasteiger partial charge in [-0.05, 0) is 45.8 Å². The summed E-state index contributed by atoms with van der Waals surface area (Å²) in [5.41, 5.74) is 2.51. The summed E-state index contributed by atoms with van der Waals surface area (Å²) in [5, 5.41) is 9.58. The minimum Gasteiger partial charge on any atom is -0.487 e. The Morgan fingerprint density at radius 2 is 1.74 bits per heavy atom. The maximum Gasteiger partial charge on any atom is 0.141 e. The Morgan fingerprint density at radius 1 is 1.04 bits per heavy atom. The molecule has 0 amide bonds. The first kappa shape index (κ1) is 19.3. The van der Waals surface area contributed by atoms with E-state index in [0.717, 1.165) is 10.0 Å². The van der Waals surface area contributed by atoms with E-state index >= 15 is 0 Å². The number of nitrogens with zero attached hydrogens (tertiary/aromatic N) is 1. The largest absolute Gasteiger partial charge is 0.487 e. The number of halogens is 3. The van der Waals surface area contributed by atoms with Gasteiger partial charge in [-0.25, -0.2) is 4.39 Å². The lowest BCUT2D eigenvalue weighted by Crippen LogP contribution is -2.00. The van der Waals surface area contributed by atoms with Crippen molar-refractivity contribution in [3.63, 3.8) is 0 Å². The number of ether oxygens (including phenoxy) is 1. The Balaban J connectivity index is 1.99. The summed E-state index contributed by atoms with van der Waals surface area (Å²) < 4.78 is 21.3. The standard InChI is InChI=1S/C22H14Br2FNO/c23-19-11-17(10-18(13-26)15-6-2-1-3-7-15)22(20(24)12-19)27-14-16-8-4-5-9-21(16)25/h1-12H,14H2/b18-10+. The van der Waals surface area contributed by atoms with E-state index in [1.807, 2.05) is 42.5 Å². The molecule has 27 heavy (non-hydrogen) atoms. The van der Waals surface area contributed by atoms with Crippen molar-refractivity contribution in [3.05, 3.63) is 98.2 Å². The van der Waals surface area contributed by atoms with Gasteiger partial charge in [-0.15, -0.1) is 0 Å². The SMILES string of the molecule is N#C/C(=C\c1cc(Br)cc(Br)c1OCc1ccccc1F)c1ccccc1. The Hall–Kier alpha value is -2.42. The zero-order chi connectivity index (χ0) is 19.2. The van der Waals surface area contributed by atoms with Gasteiger partial charge in [0, 0.05) is 15.6 Å². The Labute approximate surface area is 174 Å². The number of benzene rings is 3. The fraction of sp³-hybridized carbons (Fsp3) is 0.0455. The highest BCUT2D eigenvalue weighted by Gasteiger charge is 2.12. The predicted octanol–water partition coefficient (Wildman–Crippen LogP) is 6.99. The van der Waals surface area contributed by atoms with Gasteiger partial charge in [-0.3, -0.25) is 0 Å². The van der Waals surface area contributed by atoms with Gasteiger partial charge in [0.1, 0.15) is 18.2 Å². The first-order valence-corrected chi connectivity index (χ1v) is 9.69.